The Morgan fingerprint density at radius 3 is 1.35 bits per heavy atom. The van der Waals surface area contributed by atoms with E-state index in [0.717, 1.165) is 0 Å². The number of rotatable bonds is 3. The predicted octanol–water partition coefficient (Wildman–Crippen LogP) is 6.51. The van der Waals surface area contributed by atoms with E-state index in [1.807, 2.05) is 0 Å². The molecular weight excluding hydrogens is 494 g/mol. The molecule has 31 heavy (non-hydrogen) atoms. The van der Waals surface area contributed by atoms with Crippen LogP contribution in [0.2, 0.25) is 20.1 Å². The van der Waals surface area contributed by atoms with Gasteiger partial charge in [-0.3, -0.25) is 4.89 Å². The van der Waals surface area contributed by atoms with Crippen LogP contribution in [0.1, 0.15) is 48.4 Å². The molecule has 0 bridgehead atoms. The normalized spacial score (nSPS) is 10.5. The lowest BCUT2D eigenvalue weighted by Gasteiger charge is -2.15. The number of carbonyl (C=O) groups excluding carboxylic acids is 3. The fourth-order valence-electron chi connectivity index (χ4n) is 1.66. The van der Waals surface area contributed by atoms with E-state index in [2.05, 4.69) is 19.6 Å². The Kier molecular flexibility index (Phi) is 10.6. The Morgan fingerprint density at radius 2 is 1.10 bits per heavy atom. The molecule has 0 amide bonds. The van der Waals surface area contributed by atoms with Gasteiger partial charge in [-0.1, -0.05) is 46.4 Å². The van der Waals surface area contributed by atoms with Gasteiger partial charge in [0.05, 0.1) is 21.2 Å². The van der Waals surface area contributed by atoms with E-state index >= 15 is 0 Å². The Hall–Kier alpha value is -2.03. The highest BCUT2D eigenvalue weighted by Gasteiger charge is 2.19. The third-order valence-electron chi connectivity index (χ3n) is 2.90. The summed E-state index contributed by atoms with van der Waals surface area (Å²) in [5.41, 5.74) is -0.409. The third-order valence-corrected chi connectivity index (χ3v) is 4.00. The minimum atomic E-state index is -0.944. The summed E-state index contributed by atoms with van der Waals surface area (Å²) in [5, 5.41) is 0.842. The van der Waals surface area contributed by atoms with Crippen LogP contribution in [0, 0.1) is 0 Å². The molecule has 0 radical (unpaired) electrons. The minimum absolute atomic E-state index is 0.000990. The standard InChI is InChI=1S/C14H6Cl4O4.C6H12O3/c15-7-1-3-9(11(17)5-7)13(19)21-22-14(20)10-4-2-8(16)6-12(10)18;1-5(7)8-9-6(2,3)4/h1-6H;1-4H3. The van der Waals surface area contributed by atoms with E-state index in [4.69, 9.17) is 46.4 Å². The van der Waals surface area contributed by atoms with Gasteiger partial charge < -0.3 is 0 Å². The van der Waals surface area contributed by atoms with Crippen molar-refractivity contribution in [2.45, 2.75) is 33.3 Å². The molecule has 2 aromatic carbocycles. The molecule has 0 unspecified atom stereocenters. The minimum Gasteiger partial charge on any atom is -0.298 e. The van der Waals surface area contributed by atoms with Crippen LogP contribution in [0.3, 0.4) is 0 Å². The van der Waals surface area contributed by atoms with Gasteiger partial charge >= 0.3 is 17.9 Å². The average molecular weight is 512 g/mol. The maximum absolute atomic E-state index is 11.8. The Bertz CT molecular complexity index is 892. The van der Waals surface area contributed by atoms with Crippen molar-refractivity contribution in [1.29, 1.82) is 0 Å². The molecule has 0 spiro atoms. The van der Waals surface area contributed by atoms with Crippen molar-refractivity contribution in [1.82, 2.24) is 0 Å². The highest BCUT2D eigenvalue weighted by Crippen LogP contribution is 2.23. The summed E-state index contributed by atoms with van der Waals surface area (Å²) in [7, 11) is 0. The lowest BCUT2D eigenvalue weighted by Crippen LogP contribution is -2.20. The smallest absolute Gasteiger partial charge is 0.298 e. The van der Waals surface area contributed by atoms with Crippen LogP contribution in [0.4, 0.5) is 0 Å². The number of carbonyl (C=O) groups is 3. The fourth-order valence-corrected chi connectivity index (χ4v) is 2.63. The maximum atomic E-state index is 11.8. The van der Waals surface area contributed by atoms with Crippen molar-refractivity contribution in [2.75, 3.05) is 0 Å². The molecular formula is C20H18Cl4O7. The van der Waals surface area contributed by atoms with Gasteiger partial charge in [-0.05, 0) is 57.2 Å². The SMILES string of the molecule is CC(=O)OOC(C)(C)C.O=C(OOC(=O)c1ccc(Cl)cc1Cl)c1ccc(Cl)cc1Cl. The van der Waals surface area contributed by atoms with Crippen LogP contribution >= 0.6 is 46.4 Å². The first-order valence-electron chi connectivity index (χ1n) is 8.49. The summed E-state index contributed by atoms with van der Waals surface area (Å²) in [6, 6.07) is 8.30. The van der Waals surface area contributed by atoms with Crippen molar-refractivity contribution in [2.24, 2.45) is 0 Å². The van der Waals surface area contributed by atoms with Gasteiger partial charge in [0.1, 0.15) is 5.60 Å². The van der Waals surface area contributed by atoms with E-state index in [1.165, 1.54) is 43.3 Å². The second kappa shape index (κ2) is 12.1. The van der Waals surface area contributed by atoms with Crippen molar-refractivity contribution in [3.63, 3.8) is 0 Å². The predicted molar refractivity (Wildman–Crippen MR) is 116 cm³/mol. The second-order valence-corrected chi connectivity index (χ2v) is 8.45. The quantitative estimate of drug-likeness (QED) is 0.342. The molecule has 0 heterocycles. The summed E-state index contributed by atoms with van der Waals surface area (Å²) < 4.78 is 0. The molecule has 0 saturated heterocycles. The van der Waals surface area contributed by atoms with Crippen LogP contribution in [0.5, 0.6) is 0 Å². The van der Waals surface area contributed by atoms with Crippen LogP contribution in [-0.2, 0) is 24.3 Å². The van der Waals surface area contributed by atoms with E-state index in [-0.39, 0.29) is 21.2 Å². The molecule has 168 valence electrons. The first-order valence-corrected chi connectivity index (χ1v) is 10.0. The zero-order valence-corrected chi connectivity index (χ0v) is 19.9. The third kappa shape index (κ3) is 10.2. The summed E-state index contributed by atoms with van der Waals surface area (Å²) >= 11 is 23.1. The largest absolute Gasteiger partial charge is 0.387 e. The van der Waals surface area contributed by atoms with Crippen molar-refractivity contribution >= 4 is 64.3 Å². The van der Waals surface area contributed by atoms with Crippen molar-refractivity contribution < 1.29 is 33.9 Å². The van der Waals surface area contributed by atoms with E-state index < -0.39 is 23.5 Å². The highest BCUT2D eigenvalue weighted by atomic mass is 35.5. The number of halogens is 4. The molecule has 0 aliphatic carbocycles. The molecule has 0 fully saturated rings. The van der Waals surface area contributed by atoms with E-state index in [0.29, 0.717) is 10.0 Å². The van der Waals surface area contributed by atoms with Gasteiger partial charge in [-0.25, -0.2) is 24.2 Å². The molecule has 0 N–H and O–H groups in total. The number of hydrogen-bond acceptors (Lipinski definition) is 7. The van der Waals surface area contributed by atoms with Gasteiger partial charge in [0.15, 0.2) is 0 Å². The van der Waals surface area contributed by atoms with Gasteiger partial charge in [-0.15, -0.1) is 0 Å². The lowest BCUT2D eigenvalue weighted by molar-refractivity contribution is -0.318. The van der Waals surface area contributed by atoms with Crippen LogP contribution < -0.4 is 0 Å². The molecule has 2 rings (SSSR count). The van der Waals surface area contributed by atoms with Crippen molar-refractivity contribution in [3.05, 3.63) is 67.6 Å². The molecule has 0 aliphatic heterocycles. The molecule has 0 aromatic heterocycles. The van der Waals surface area contributed by atoms with Gasteiger partial charge in [0.25, 0.3) is 0 Å². The molecule has 0 saturated carbocycles. The van der Waals surface area contributed by atoms with Crippen molar-refractivity contribution in [3.8, 4) is 0 Å². The lowest BCUT2D eigenvalue weighted by atomic mass is 10.2. The van der Waals surface area contributed by atoms with E-state index in [1.54, 1.807) is 20.8 Å². The molecule has 7 nitrogen and oxygen atoms in total. The van der Waals surface area contributed by atoms with Gasteiger partial charge in [-0.2, -0.15) is 4.89 Å². The van der Waals surface area contributed by atoms with Gasteiger partial charge in [0.2, 0.25) is 0 Å². The average Bonchev–Trinajstić information content (AvgIpc) is 2.64. The molecule has 0 aliphatic rings. The maximum Gasteiger partial charge on any atom is 0.387 e. The summed E-state index contributed by atoms with van der Waals surface area (Å²) in [5.74, 6) is -2.31. The molecule has 2 aromatic rings. The fraction of sp³-hybridized carbons (Fsp3) is 0.250. The number of benzene rings is 2. The van der Waals surface area contributed by atoms with E-state index in [9.17, 15) is 14.4 Å². The number of hydrogen-bond donors (Lipinski definition) is 0. The second-order valence-electron chi connectivity index (χ2n) is 6.76. The topological polar surface area (TPSA) is 88.1 Å². The molecule has 11 heteroatoms. The highest BCUT2D eigenvalue weighted by molar-refractivity contribution is 6.37. The Morgan fingerprint density at radius 1 is 0.710 bits per heavy atom. The summed E-state index contributed by atoms with van der Waals surface area (Å²) in [6.07, 6.45) is 0. The van der Waals surface area contributed by atoms with Gasteiger partial charge in [0, 0.05) is 17.0 Å². The summed E-state index contributed by atoms with van der Waals surface area (Å²) in [4.78, 5) is 51.5. The monoisotopic (exact) mass is 510 g/mol. The molecule has 0 atom stereocenters. The Balaban J connectivity index is 0.000000452. The zero-order chi connectivity index (χ0) is 23.8. The summed E-state index contributed by atoms with van der Waals surface area (Å²) in [6.45, 7) is 6.70. The first kappa shape index (κ1) is 27.0. The Labute approximate surface area is 198 Å². The first-order chi connectivity index (χ1) is 14.3. The van der Waals surface area contributed by atoms with Crippen LogP contribution in [0.15, 0.2) is 36.4 Å². The van der Waals surface area contributed by atoms with Crippen LogP contribution in [0.25, 0.3) is 0 Å². The van der Waals surface area contributed by atoms with Crippen LogP contribution in [-0.4, -0.2) is 23.5 Å². The zero-order valence-electron chi connectivity index (χ0n) is 16.8.